The minimum Gasteiger partial charge on any atom is -0.380 e. The number of benzene rings is 2. The lowest BCUT2D eigenvalue weighted by Gasteiger charge is -2.11. The SMILES string of the molecule is Cc1ccc(Br)c(NCc2cc(Cl)ccc2Cl)c1. The van der Waals surface area contributed by atoms with Gasteiger partial charge in [-0.25, -0.2) is 0 Å². The second-order valence-corrected chi connectivity index (χ2v) is 5.77. The molecule has 0 spiro atoms. The zero-order chi connectivity index (χ0) is 13.1. The van der Waals surface area contributed by atoms with E-state index in [1.54, 1.807) is 6.07 Å². The lowest BCUT2D eigenvalue weighted by Crippen LogP contribution is -2.01. The van der Waals surface area contributed by atoms with Gasteiger partial charge in [0.25, 0.3) is 0 Å². The van der Waals surface area contributed by atoms with Crippen molar-refractivity contribution in [3.8, 4) is 0 Å². The highest BCUT2D eigenvalue weighted by atomic mass is 79.9. The quantitative estimate of drug-likeness (QED) is 0.755. The van der Waals surface area contributed by atoms with Gasteiger partial charge in [0.15, 0.2) is 0 Å². The fraction of sp³-hybridized carbons (Fsp3) is 0.143. The number of hydrogen-bond acceptors (Lipinski definition) is 1. The second-order valence-electron chi connectivity index (χ2n) is 4.07. The fourth-order valence-corrected chi connectivity index (χ4v) is 2.41. The van der Waals surface area contributed by atoms with E-state index in [1.807, 2.05) is 18.2 Å². The Labute approximate surface area is 125 Å². The van der Waals surface area contributed by atoms with Crippen LogP contribution in [-0.4, -0.2) is 0 Å². The molecule has 1 N–H and O–H groups in total. The van der Waals surface area contributed by atoms with Gasteiger partial charge in [-0.3, -0.25) is 0 Å². The Bertz CT molecular complexity index is 518. The van der Waals surface area contributed by atoms with E-state index >= 15 is 0 Å². The van der Waals surface area contributed by atoms with Gasteiger partial charge in [-0.1, -0.05) is 29.3 Å². The highest BCUT2D eigenvalue weighted by Crippen LogP contribution is 2.26. The topological polar surface area (TPSA) is 12.0 Å². The smallest absolute Gasteiger partial charge is 0.0489 e. The van der Waals surface area contributed by atoms with E-state index in [2.05, 4.69) is 40.3 Å². The van der Waals surface area contributed by atoms with Crippen LogP contribution in [0.1, 0.15) is 11.1 Å². The molecule has 0 atom stereocenters. The summed E-state index contributed by atoms with van der Waals surface area (Å²) in [5.74, 6) is 0. The molecule has 0 radical (unpaired) electrons. The van der Waals surface area contributed by atoms with Crippen LogP contribution in [-0.2, 0) is 6.54 Å². The third-order valence-electron chi connectivity index (χ3n) is 2.60. The molecule has 18 heavy (non-hydrogen) atoms. The summed E-state index contributed by atoms with van der Waals surface area (Å²) in [6.45, 7) is 2.70. The summed E-state index contributed by atoms with van der Waals surface area (Å²) in [6.07, 6.45) is 0. The first-order chi connectivity index (χ1) is 8.56. The molecular formula is C14H12BrCl2N. The number of halogens is 3. The van der Waals surface area contributed by atoms with Crippen LogP contribution >= 0.6 is 39.1 Å². The lowest BCUT2D eigenvalue weighted by molar-refractivity contribution is 1.14. The molecule has 0 aliphatic rings. The summed E-state index contributed by atoms with van der Waals surface area (Å²) in [4.78, 5) is 0. The van der Waals surface area contributed by atoms with Crippen molar-refractivity contribution >= 4 is 44.8 Å². The van der Waals surface area contributed by atoms with Crippen molar-refractivity contribution in [2.45, 2.75) is 13.5 Å². The van der Waals surface area contributed by atoms with Gasteiger partial charge in [0.2, 0.25) is 0 Å². The molecule has 0 aliphatic carbocycles. The average Bonchev–Trinajstić information content (AvgIpc) is 2.34. The average molecular weight is 345 g/mol. The standard InChI is InChI=1S/C14H12BrCl2N/c1-9-2-4-12(15)14(6-9)18-8-10-7-11(16)3-5-13(10)17/h2-7,18H,8H2,1H3. The Morgan fingerprint density at radius 1 is 1.11 bits per heavy atom. The second kappa shape index (κ2) is 5.96. The van der Waals surface area contributed by atoms with E-state index in [1.165, 1.54) is 5.56 Å². The molecule has 1 nitrogen and oxygen atoms in total. The van der Waals surface area contributed by atoms with Gasteiger partial charge in [0, 0.05) is 26.8 Å². The molecular weight excluding hydrogens is 333 g/mol. The number of aryl methyl sites for hydroxylation is 1. The molecule has 94 valence electrons. The van der Waals surface area contributed by atoms with Crippen LogP contribution < -0.4 is 5.32 Å². The number of nitrogens with one attached hydrogen (secondary N) is 1. The molecule has 2 aromatic rings. The highest BCUT2D eigenvalue weighted by molar-refractivity contribution is 9.10. The van der Waals surface area contributed by atoms with E-state index in [-0.39, 0.29) is 0 Å². The van der Waals surface area contributed by atoms with Crippen molar-refractivity contribution in [2.24, 2.45) is 0 Å². The molecule has 0 saturated carbocycles. The summed E-state index contributed by atoms with van der Waals surface area (Å²) in [5, 5.41) is 4.76. The predicted molar refractivity (Wildman–Crippen MR) is 82.7 cm³/mol. The van der Waals surface area contributed by atoms with Crippen LogP contribution in [0, 0.1) is 6.92 Å². The Hall–Kier alpha value is -0.700. The van der Waals surface area contributed by atoms with Gasteiger partial charge < -0.3 is 5.32 Å². The van der Waals surface area contributed by atoms with E-state index in [9.17, 15) is 0 Å². The number of rotatable bonds is 3. The van der Waals surface area contributed by atoms with Gasteiger partial charge in [-0.05, 0) is 64.3 Å². The van der Waals surface area contributed by atoms with Crippen LogP contribution in [0.25, 0.3) is 0 Å². The maximum absolute atomic E-state index is 6.12. The fourth-order valence-electron chi connectivity index (χ4n) is 1.64. The number of anilines is 1. The van der Waals surface area contributed by atoms with E-state index in [0.29, 0.717) is 11.6 Å². The van der Waals surface area contributed by atoms with Gasteiger partial charge >= 0.3 is 0 Å². The summed E-state index contributed by atoms with van der Waals surface area (Å²) in [7, 11) is 0. The van der Waals surface area contributed by atoms with Crippen molar-refractivity contribution in [3.05, 3.63) is 62.0 Å². The van der Waals surface area contributed by atoms with Crippen LogP contribution in [0.3, 0.4) is 0 Å². The van der Waals surface area contributed by atoms with Crippen molar-refractivity contribution in [1.82, 2.24) is 0 Å². The maximum atomic E-state index is 6.12. The van der Waals surface area contributed by atoms with Crippen molar-refractivity contribution in [3.63, 3.8) is 0 Å². The minimum atomic E-state index is 0.640. The third kappa shape index (κ3) is 3.41. The Morgan fingerprint density at radius 2 is 1.89 bits per heavy atom. The van der Waals surface area contributed by atoms with Gasteiger partial charge in [-0.15, -0.1) is 0 Å². The minimum absolute atomic E-state index is 0.640. The molecule has 0 fully saturated rings. The Morgan fingerprint density at radius 3 is 2.67 bits per heavy atom. The van der Waals surface area contributed by atoms with Gasteiger partial charge in [0.05, 0.1) is 0 Å². The largest absolute Gasteiger partial charge is 0.380 e. The monoisotopic (exact) mass is 343 g/mol. The molecule has 0 amide bonds. The molecule has 0 bridgehead atoms. The summed E-state index contributed by atoms with van der Waals surface area (Å²) in [5.41, 5.74) is 3.24. The first-order valence-electron chi connectivity index (χ1n) is 5.50. The maximum Gasteiger partial charge on any atom is 0.0489 e. The predicted octanol–water partition coefficient (Wildman–Crippen LogP) is 5.68. The van der Waals surface area contributed by atoms with Crippen LogP contribution in [0.5, 0.6) is 0 Å². The Balaban J connectivity index is 2.16. The zero-order valence-corrected chi connectivity index (χ0v) is 12.9. The molecule has 0 heterocycles. The normalized spacial score (nSPS) is 10.4. The van der Waals surface area contributed by atoms with E-state index in [4.69, 9.17) is 23.2 Å². The van der Waals surface area contributed by atoms with Gasteiger partial charge in [-0.2, -0.15) is 0 Å². The first-order valence-corrected chi connectivity index (χ1v) is 7.05. The van der Waals surface area contributed by atoms with Crippen molar-refractivity contribution in [1.29, 1.82) is 0 Å². The molecule has 2 aromatic carbocycles. The summed E-state index contributed by atoms with van der Waals surface area (Å²) < 4.78 is 1.03. The molecule has 0 aliphatic heterocycles. The van der Waals surface area contributed by atoms with Crippen LogP contribution in [0.4, 0.5) is 5.69 Å². The molecule has 4 heteroatoms. The van der Waals surface area contributed by atoms with Crippen molar-refractivity contribution in [2.75, 3.05) is 5.32 Å². The van der Waals surface area contributed by atoms with Gasteiger partial charge in [0.1, 0.15) is 0 Å². The van der Waals surface area contributed by atoms with E-state index in [0.717, 1.165) is 20.7 Å². The third-order valence-corrected chi connectivity index (χ3v) is 3.89. The molecule has 2 rings (SSSR count). The van der Waals surface area contributed by atoms with E-state index < -0.39 is 0 Å². The number of hydrogen-bond donors (Lipinski definition) is 1. The van der Waals surface area contributed by atoms with Crippen LogP contribution in [0.2, 0.25) is 10.0 Å². The molecule has 0 saturated heterocycles. The molecule has 0 aromatic heterocycles. The lowest BCUT2D eigenvalue weighted by atomic mass is 10.2. The summed E-state index contributed by atoms with van der Waals surface area (Å²) in [6, 6.07) is 11.6. The highest BCUT2D eigenvalue weighted by Gasteiger charge is 2.03. The van der Waals surface area contributed by atoms with Crippen molar-refractivity contribution < 1.29 is 0 Å². The first kappa shape index (κ1) is 13.7. The zero-order valence-electron chi connectivity index (χ0n) is 9.81. The van der Waals surface area contributed by atoms with Crippen LogP contribution in [0.15, 0.2) is 40.9 Å². The molecule has 0 unspecified atom stereocenters. The Kier molecular flexibility index (Phi) is 4.55. The summed E-state index contributed by atoms with van der Waals surface area (Å²) >= 11 is 15.6.